The third-order valence-corrected chi connectivity index (χ3v) is 6.16. The highest BCUT2D eigenvalue weighted by Gasteiger charge is 2.42. The van der Waals surface area contributed by atoms with Gasteiger partial charge in [-0.25, -0.2) is 4.98 Å². The number of rotatable bonds is 3. The largest absolute Gasteiger partial charge is 0.355 e. The van der Waals surface area contributed by atoms with Crippen molar-refractivity contribution in [3.05, 3.63) is 54.2 Å². The zero-order chi connectivity index (χ0) is 17.5. The van der Waals surface area contributed by atoms with Crippen molar-refractivity contribution in [2.45, 2.75) is 18.9 Å². The Bertz CT molecular complexity index is 809. The minimum atomic E-state index is 0.242. The van der Waals surface area contributed by atoms with Crippen molar-refractivity contribution in [2.75, 3.05) is 42.5 Å². The molecule has 0 spiro atoms. The summed E-state index contributed by atoms with van der Waals surface area (Å²) in [7, 11) is 0. The number of aromatic nitrogens is 1. The summed E-state index contributed by atoms with van der Waals surface area (Å²) >= 11 is 0. The van der Waals surface area contributed by atoms with Crippen LogP contribution in [-0.4, -0.2) is 54.6 Å². The zero-order valence-corrected chi connectivity index (χ0v) is 14.9. The van der Waals surface area contributed by atoms with Gasteiger partial charge in [0.25, 0.3) is 0 Å². The van der Waals surface area contributed by atoms with E-state index in [2.05, 4.69) is 39.0 Å². The van der Waals surface area contributed by atoms with Crippen molar-refractivity contribution in [3.8, 4) is 0 Å². The average Bonchev–Trinajstić information content (AvgIpc) is 3.37. The van der Waals surface area contributed by atoms with Gasteiger partial charge in [-0.3, -0.25) is 9.69 Å². The van der Waals surface area contributed by atoms with Gasteiger partial charge in [0.15, 0.2) is 0 Å². The van der Waals surface area contributed by atoms with Crippen molar-refractivity contribution < 1.29 is 4.79 Å². The molecule has 26 heavy (non-hydrogen) atoms. The molecule has 2 unspecified atom stereocenters. The maximum Gasteiger partial charge on any atom is 0.241 e. The Balaban J connectivity index is 1.27. The van der Waals surface area contributed by atoms with Gasteiger partial charge in [0.05, 0.1) is 6.54 Å². The molecule has 2 saturated heterocycles. The lowest BCUT2D eigenvalue weighted by atomic mass is 10.1. The molecule has 3 aliphatic rings. The summed E-state index contributed by atoms with van der Waals surface area (Å²) in [5, 5.41) is 0. The number of amides is 1. The molecule has 5 nitrogen and oxygen atoms in total. The summed E-state index contributed by atoms with van der Waals surface area (Å²) in [6, 6.07) is 14.8. The van der Waals surface area contributed by atoms with Gasteiger partial charge in [0, 0.05) is 37.6 Å². The lowest BCUT2D eigenvalue weighted by Crippen LogP contribution is -2.43. The third kappa shape index (κ3) is 2.67. The number of benzene rings is 1. The summed E-state index contributed by atoms with van der Waals surface area (Å²) in [5.74, 6) is 1.95. The Kier molecular flexibility index (Phi) is 3.89. The molecule has 3 aliphatic heterocycles. The minimum absolute atomic E-state index is 0.242. The standard InChI is InChI=1S/C21H24N4O/c26-21(25-12-9-16-5-1-2-6-18(16)25)15-23-11-8-17-13-24(14-19(17)23)20-7-3-4-10-22-20/h1-7,10,17,19H,8-9,11-15H2. The van der Waals surface area contributed by atoms with Gasteiger partial charge < -0.3 is 9.80 Å². The summed E-state index contributed by atoms with van der Waals surface area (Å²) in [6.45, 7) is 4.42. The second-order valence-corrected chi connectivity index (χ2v) is 7.60. The number of hydrogen-bond donors (Lipinski definition) is 0. The van der Waals surface area contributed by atoms with Gasteiger partial charge in [-0.1, -0.05) is 24.3 Å². The number of pyridine rings is 1. The van der Waals surface area contributed by atoms with Gasteiger partial charge >= 0.3 is 0 Å². The molecule has 0 aliphatic carbocycles. The van der Waals surface area contributed by atoms with Crippen LogP contribution in [0.3, 0.4) is 0 Å². The SMILES string of the molecule is O=C(CN1CCC2CN(c3ccccn3)CC21)N1CCc2ccccc21. The molecule has 0 N–H and O–H groups in total. The molecule has 1 aromatic heterocycles. The molecule has 0 bridgehead atoms. The number of carbonyl (C=O) groups is 1. The first-order valence-electron chi connectivity index (χ1n) is 9.58. The molecule has 2 fully saturated rings. The number of fused-ring (bicyclic) bond motifs is 2. The second-order valence-electron chi connectivity index (χ2n) is 7.60. The van der Waals surface area contributed by atoms with Crippen LogP contribution in [0.25, 0.3) is 0 Å². The highest BCUT2D eigenvalue weighted by atomic mass is 16.2. The van der Waals surface area contributed by atoms with Crippen molar-refractivity contribution in [1.82, 2.24) is 9.88 Å². The highest BCUT2D eigenvalue weighted by molar-refractivity contribution is 5.96. The normalized spacial score (nSPS) is 24.8. The number of likely N-dealkylation sites (tertiary alicyclic amines) is 1. The first kappa shape index (κ1) is 15.8. The monoisotopic (exact) mass is 348 g/mol. The molecule has 0 radical (unpaired) electrons. The van der Waals surface area contributed by atoms with Crippen LogP contribution in [0.1, 0.15) is 12.0 Å². The molecule has 5 rings (SSSR count). The first-order valence-corrected chi connectivity index (χ1v) is 9.58. The van der Waals surface area contributed by atoms with Gasteiger partial charge in [0.2, 0.25) is 5.91 Å². The van der Waals surface area contributed by atoms with Crippen LogP contribution in [-0.2, 0) is 11.2 Å². The lowest BCUT2D eigenvalue weighted by Gasteiger charge is -2.27. The van der Waals surface area contributed by atoms with Crippen LogP contribution >= 0.6 is 0 Å². The quantitative estimate of drug-likeness (QED) is 0.852. The Morgan fingerprint density at radius 2 is 1.96 bits per heavy atom. The average molecular weight is 348 g/mol. The summed E-state index contributed by atoms with van der Waals surface area (Å²) in [6.07, 6.45) is 4.01. The molecule has 2 aromatic rings. The van der Waals surface area contributed by atoms with Crippen molar-refractivity contribution >= 4 is 17.4 Å². The van der Waals surface area contributed by atoms with E-state index in [9.17, 15) is 4.79 Å². The van der Waals surface area contributed by atoms with Crippen molar-refractivity contribution in [1.29, 1.82) is 0 Å². The van der Waals surface area contributed by atoms with Crippen molar-refractivity contribution in [3.63, 3.8) is 0 Å². The van der Waals surface area contributed by atoms with Crippen LogP contribution in [0, 0.1) is 5.92 Å². The third-order valence-electron chi connectivity index (χ3n) is 6.16. The lowest BCUT2D eigenvalue weighted by molar-refractivity contribution is -0.119. The van der Waals surface area contributed by atoms with Crippen LogP contribution in [0.15, 0.2) is 48.7 Å². The molecular formula is C21H24N4O. The predicted molar refractivity (Wildman–Crippen MR) is 102 cm³/mol. The molecule has 0 saturated carbocycles. The van der Waals surface area contributed by atoms with Crippen LogP contribution in [0.2, 0.25) is 0 Å². The fourth-order valence-corrected chi connectivity index (χ4v) is 4.83. The molecule has 2 atom stereocenters. The molecule has 1 aromatic carbocycles. The van der Waals surface area contributed by atoms with E-state index in [4.69, 9.17) is 0 Å². The predicted octanol–water partition coefficient (Wildman–Crippen LogP) is 2.18. The number of anilines is 2. The fourth-order valence-electron chi connectivity index (χ4n) is 4.83. The summed E-state index contributed by atoms with van der Waals surface area (Å²) in [4.78, 5) is 24.2. The maximum atomic E-state index is 13.0. The van der Waals surface area contributed by atoms with E-state index in [-0.39, 0.29) is 5.91 Å². The molecule has 5 heteroatoms. The molecule has 134 valence electrons. The molecular weight excluding hydrogens is 324 g/mol. The van der Waals surface area contributed by atoms with Crippen molar-refractivity contribution in [2.24, 2.45) is 5.92 Å². The Morgan fingerprint density at radius 3 is 2.85 bits per heavy atom. The minimum Gasteiger partial charge on any atom is -0.355 e. The number of nitrogens with zero attached hydrogens (tertiary/aromatic N) is 4. The fraction of sp³-hybridized carbons (Fsp3) is 0.429. The Morgan fingerprint density at radius 1 is 1.08 bits per heavy atom. The van der Waals surface area contributed by atoms with Gasteiger partial charge in [-0.05, 0) is 49.1 Å². The van der Waals surface area contributed by atoms with E-state index < -0.39 is 0 Å². The van der Waals surface area contributed by atoms with E-state index >= 15 is 0 Å². The first-order chi connectivity index (χ1) is 12.8. The smallest absolute Gasteiger partial charge is 0.241 e. The number of para-hydroxylation sites is 1. The van der Waals surface area contributed by atoms with E-state index in [0.29, 0.717) is 18.5 Å². The van der Waals surface area contributed by atoms with E-state index in [1.165, 1.54) is 12.0 Å². The topological polar surface area (TPSA) is 39.7 Å². The number of hydrogen-bond acceptors (Lipinski definition) is 4. The maximum absolute atomic E-state index is 13.0. The zero-order valence-electron chi connectivity index (χ0n) is 14.9. The Hall–Kier alpha value is -2.40. The number of carbonyl (C=O) groups excluding carboxylic acids is 1. The van der Waals surface area contributed by atoms with E-state index in [0.717, 1.165) is 44.1 Å². The van der Waals surface area contributed by atoms with Crippen LogP contribution in [0.4, 0.5) is 11.5 Å². The van der Waals surface area contributed by atoms with Crippen LogP contribution < -0.4 is 9.80 Å². The molecule has 1 amide bonds. The second kappa shape index (κ2) is 6.40. The highest BCUT2D eigenvalue weighted by Crippen LogP contribution is 2.34. The summed E-state index contributed by atoms with van der Waals surface area (Å²) in [5.41, 5.74) is 2.40. The Labute approximate surface area is 154 Å². The van der Waals surface area contributed by atoms with Gasteiger partial charge in [0.1, 0.15) is 5.82 Å². The van der Waals surface area contributed by atoms with E-state index in [1.807, 2.05) is 29.3 Å². The molecule has 4 heterocycles. The van der Waals surface area contributed by atoms with E-state index in [1.54, 1.807) is 0 Å². The van der Waals surface area contributed by atoms with Crippen LogP contribution in [0.5, 0.6) is 0 Å². The summed E-state index contributed by atoms with van der Waals surface area (Å²) < 4.78 is 0. The van der Waals surface area contributed by atoms with Gasteiger partial charge in [-0.15, -0.1) is 0 Å². The van der Waals surface area contributed by atoms with Gasteiger partial charge in [-0.2, -0.15) is 0 Å².